The van der Waals surface area contributed by atoms with Crippen LogP contribution in [-0.2, 0) is 38.1 Å². The molecule has 1 unspecified atom stereocenters. The molecule has 1 fully saturated rings. The van der Waals surface area contributed by atoms with Crippen LogP contribution in [0.1, 0.15) is 39.1 Å². The molecule has 0 aromatic heterocycles. The Morgan fingerprint density at radius 3 is 2.02 bits per heavy atom. The number of carbonyl (C=O) groups excluding carboxylic acids is 4. The van der Waals surface area contributed by atoms with E-state index >= 15 is 0 Å². The summed E-state index contributed by atoms with van der Waals surface area (Å²) in [7, 11) is -3.82. The highest BCUT2D eigenvalue weighted by Crippen LogP contribution is 2.30. The number of aryl methyl sites for hydroxylation is 1. The molecule has 0 saturated carbocycles. The van der Waals surface area contributed by atoms with Crippen molar-refractivity contribution >= 4 is 33.7 Å². The molecular formula is C28H32N2O11S. The van der Waals surface area contributed by atoms with E-state index in [9.17, 15) is 27.6 Å². The molecule has 42 heavy (non-hydrogen) atoms. The summed E-state index contributed by atoms with van der Waals surface area (Å²) in [5.41, 5.74) is 1.26. The first-order chi connectivity index (χ1) is 20.2. The number of piperidine rings is 1. The monoisotopic (exact) mass is 604 g/mol. The maximum atomic E-state index is 12.9. The number of benzene rings is 2. The fourth-order valence-corrected chi connectivity index (χ4v) is 5.17. The number of imide groups is 2. The molecule has 2 aromatic carbocycles. The molecule has 4 amide bonds. The number of hydrogen-bond donors (Lipinski definition) is 1. The SMILES string of the molecule is Cc1ccc(S(=O)(=O)OCCOCCOCCOCCOc2ccc3c(c2)C(=O)N(C2CCC(=O)NC2=O)C3=O)cc1. The maximum Gasteiger partial charge on any atom is 0.297 e. The van der Waals surface area contributed by atoms with Gasteiger partial charge in [0, 0.05) is 6.42 Å². The van der Waals surface area contributed by atoms with Crippen LogP contribution < -0.4 is 10.1 Å². The van der Waals surface area contributed by atoms with E-state index in [1.165, 1.54) is 24.3 Å². The Balaban J connectivity index is 1.05. The molecular weight excluding hydrogens is 572 g/mol. The number of nitrogens with one attached hydrogen (secondary N) is 1. The van der Waals surface area contributed by atoms with Crippen LogP contribution >= 0.6 is 0 Å². The largest absolute Gasteiger partial charge is 0.491 e. The Hall–Kier alpha value is -3.69. The number of amides is 4. The first kappa shape index (κ1) is 31.3. The first-order valence-electron chi connectivity index (χ1n) is 13.3. The lowest BCUT2D eigenvalue weighted by atomic mass is 10.0. The van der Waals surface area contributed by atoms with E-state index in [2.05, 4.69) is 5.32 Å². The Labute approximate surface area is 243 Å². The molecule has 13 nitrogen and oxygen atoms in total. The van der Waals surface area contributed by atoms with Crippen molar-refractivity contribution in [1.29, 1.82) is 0 Å². The van der Waals surface area contributed by atoms with Gasteiger partial charge in [-0.15, -0.1) is 0 Å². The summed E-state index contributed by atoms with van der Waals surface area (Å²) in [4.78, 5) is 50.2. The molecule has 0 spiro atoms. The van der Waals surface area contributed by atoms with E-state index in [-0.39, 0.29) is 61.9 Å². The van der Waals surface area contributed by atoms with Gasteiger partial charge in [-0.2, -0.15) is 8.42 Å². The van der Waals surface area contributed by atoms with Crippen LogP contribution in [0.15, 0.2) is 47.4 Å². The van der Waals surface area contributed by atoms with E-state index in [1.807, 2.05) is 6.92 Å². The maximum absolute atomic E-state index is 12.9. The van der Waals surface area contributed by atoms with Gasteiger partial charge in [-0.05, 0) is 43.7 Å². The summed E-state index contributed by atoms with van der Waals surface area (Å²) in [6.45, 7) is 3.47. The van der Waals surface area contributed by atoms with Crippen molar-refractivity contribution in [2.45, 2.75) is 30.7 Å². The second-order valence-electron chi connectivity index (χ2n) is 9.43. The standard InChI is InChI=1S/C28H32N2O11S/c1-19-2-5-21(6-3-19)42(35,36)41-17-15-39-13-11-37-10-12-38-14-16-40-20-4-7-22-23(18-20)28(34)30(27(22)33)24-8-9-25(31)29-26(24)32/h2-7,18,24H,8-17H2,1H3,(H,29,31,32). The lowest BCUT2D eigenvalue weighted by Crippen LogP contribution is -2.54. The summed E-state index contributed by atoms with van der Waals surface area (Å²) in [5, 5.41) is 2.16. The van der Waals surface area contributed by atoms with Gasteiger partial charge >= 0.3 is 0 Å². The minimum absolute atomic E-state index is 0.0516. The molecule has 0 radical (unpaired) electrons. The Morgan fingerprint density at radius 2 is 1.38 bits per heavy atom. The fourth-order valence-electron chi connectivity index (χ4n) is 4.28. The van der Waals surface area contributed by atoms with E-state index < -0.39 is 39.8 Å². The van der Waals surface area contributed by atoms with Crippen LogP contribution in [0.4, 0.5) is 0 Å². The van der Waals surface area contributed by atoms with Gasteiger partial charge in [0.1, 0.15) is 18.4 Å². The van der Waals surface area contributed by atoms with Crippen molar-refractivity contribution in [2.75, 3.05) is 52.9 Å². The van der Waals surface area contributed by atoms with Gasteiger partial charge in [-0.3, -0.25) is 33.6 Å². The quantitative estimate of drug-likeness (QED) is 0.167. The van der Waals surface area contributed by atoms with Crippen LogP contribution in [0.25, 0.3) is 0 Å². The van der Waals surface area contributed by atoms with Gasteiger partial charge in [0.05, 0.1) is 62.3 Å². The Kier molecular flexibility index (Phi) is 10.8. The molecule has 2 aliphatic heterocycles. The number of carbonyl (C=O) groups is 4. The van der Waals surface area contributed by atoms with Crippen molar-refractivity contribution in [2.24, 2.45) is 0 Å². The smallest absolute Gasteiger partial charge is 0.297 e. The zero-order valence-corrected chi connectivity index (χ0v) is 23.9. The van der Waals surface area contributed by atoms with Gasteiger partial charge in [0.15, 0.2) is 0 Å². The molecule has 1 saturated heterocycles. The van der Waals surface area contributed by atoms with E-state index in [0.717, 1.165) is 10.5 Å². The highest BCUT2D eigenvalue weighted by atomic mass is 32.2. The molecule has 14 heteroatoms. The predicted molar refractivity (Wildman–Crippen MR) is 145 cm³/mol. The molecule has 0 aliphatic carbocycles. The number of fused-ring (bicyclic) bond motifs is 1. The number of nitrogens with zero attached hydrogens (tertiary/aromatic N) is 1. The van der Waals surface area contributed by atoms with Crippen LogP contribution in [0.2, 0.25) is 0 Å². The third kappa shape index (κ3) is 7.98. The fraction of sp³-hybridized carbons (Fsp3) is 0.429. The minimum Gasteiger partial charge on any atom is -0.491 e. The Morgan fingerprint density at radius 1 is 0.786 bits per heavy atom. The normalized spacial score (nSPS) is 17.0. The topological polar surface area (TPSA) is 164 Å². The summed E-state index contributed by atoms with van der Waals surface area (Å²) < 4.78 is 50.9. The predicted octanol–water partition coefficient (Wildman–Crippen LogP) is 1.23. The van der Waals surface area contributed by atoms with E-state index in [1.54, 1.807) is 18.2 Å². The molecule has 1 N–H and O–H groups in total. The summed E-state index contributed by atoms with van der Waals surface area (Å²) >= 11 is 0. The Bertz CT molecular complexity index is 1410. The van der Waals surface area contributed by atoms with Gasteiger partial charge < -0.3 is 18.9 Å². The highest BCUT2D eigenvalue weighted by molar-refractivity contribution is 7.86. The average molecular weight is 605 g/mol. The lowest BCUT2D eigenvalue weighted by molar-refractivity contribution is -0.136. The molecule has 0 bridgehead atoms. The summed E-state index contributed by atoms with van der Waals surface area (Å²) in [5.74, 6) is -1.91. The van der Waals surface area contributed by atoms with Gasteiger partial charge in [0.25, 0.3) is 21.9 Å². The number of rotatable bonds is 16. The molecule has 4 rings (SSSR count). The number of hydrogen-bond acceptors (Lipinski definition) is 11. The van der Waals surface area contributed by atoms with Crippen molar-refractivity contribution in [1.82, 2.24) is 10.2 Å². The van der Waals surface area contributed by atoms with Crippen LogP contribution in [0.3, 0.4) is 0 Å². The van der Waals surface area contributed by atoms with Crippen molar-refractivity contribution in [3.8, 4) is 5.75 Å². The minimum atomic E-state index is -3.82. The first-order valence-corrected chi connectivity index (χ1v) is 14.8. The van der Waals surface area contributed by atoms with Crippen LogP contribution in [0, 0.1) is 6.92 Å². The molecule has 2 aromatic rings. The van der Waals surface area contributed by atoms with E-state index in [4.69, 9.17) is 23.1 Å². The second-order valence-corrected chi connectivity index (χ2v) is 11.0. The zero-order valence-electron chi connectivity index (χ0n) is 23.0. The van der Waals surface area contributed by atoms with E-state index in [0.29, 0.717) is 25.6 Å². The van der Waals surface area contributed by atoms with Gasteiger partial charge in [-0.1, -0.05) is 17.7 Å². The second kappa shape index (κ2) is 14.5. The van der Waals surface area contributed by atoms with Crippen LogP contribution in [0.5, 0.6) is 5.75 Å². The van der Waals surface area contributed by atoms with Crippen molar-refractivity contribution in [3.05, 3.63) is 59.2 Å². The number of ether oxygens (including phenoxy) is 4. The molecule has 2 heterocycles. The lowest BCUT2D eigenvalue weighted by Gasteiger charge is -2.27. The zero-order chi connectivity index (χ0) is 30.1. The van der Waals surface area contributed by atoms with Gasteiger partial charge in [0.2, 0.25) is 11.8 Å². The highest BCUT2D eigenvalue weighted by Gasteiger charge is 2.44. The van der Waals surface area contributed by atoms with Crippen molar-refractivity contribution < 1.29 is 50.7 Å². The third-order valence-corrected chi connectivity index (χ3v) is 7.75. The van der Waals surface area contributed by atoms with Crippen LogP contribution in [-0.4, -0.2) is 95.8 Å². The average Bonchev–Trinajstić information content (AvgIpc) is 3.20. The molecule has 226 valence electrons. The third-order valence-electron chi connectivity index (χ3n) is 6.43. The summed E-state index contributed by atoms with van der Waals surface area (Å²) in [6.07, 6.45) is 0.139. The molecule has 2 aliphatic rings. The molecule has 1 atom stereocenters. The van der Waals surface area contributed by atoms with Crippen molar-refractivity contribution in [3.63, 3.8) is 0 Å². The summed E-state index contributed by atoms with van der Waals surface area (Å²) in [6, 6.07) is 9.84. The van der Waals surface area contributed by atoms with Gasteiger partial charge in [-0.25, -0.2) is 0 Å².